The van der Waals surface area contributed by atoms with Gasteiger partial charge >= 0.3 is 0 Å². The van der Waals surface area contributed by atoms with E-state index < -0.39 is 0 Å². The SMILES string of the molecule is CCc1ccc(-c2cnc(CCl)o2)cc1. The van der Waals surface area contributed by atoms with E-state index in [0.717, 1.165) is 17.7 Å². The molecule has 0 N–H and O–H groups in total. The molecule has 0 atom stereocenters. The van der Waals surface area contributed by atoms with Crippen LogP contribution in [-0.4, -0.2) is 4.98 Å². The summed E-state index contributed by atoms with van der Waals surface area (Å²) >= 11 is 5.62. The fraction of sp³-hybridized carbons (Fsp3) is 0.250. The summed E-state index contributed by atoms with van der Waals surface area (Å²) < 4.78 is 5.45. The third-order valence-electron chi connectivity index (χ3n) is 2.31. The zero-order valence-electron chi connectivity index (χ0n) is 8.53. The molecular formula is C12H12ClNO. The summed E-state index contributed by atoms with van der Waals surface area (Å²) in [6.45, 7) is 2.13. The molecule has 1 aromatic carbocycles. The molecule has 0 aliphatic carbocycles. The molecule has 0 fully saturated rings. The Morgan fingerprint density at radius 1 is 1.27 bits per heavy atom. The molecule has 0 radical (unpaired) electrons. The molecule has 15 heavy (non-hydrogen) atoms. The third-order valence-corrected chi connectivity index (χ3v) is 2.54. The van der Waals surface area contributed by atoms with Crippen LogP contribution in [0.5, 0.6) is 0 Å². The summed E-state index contributed by atoms with van der Waals surface area (Å²) in [5, 5.41) is 0. The Balaban J connectivity index is 2.28. The maximum atomic E-state index is 5.62. The Bertz CT molecular complexity index is 433. The van der Waals surface area contributed by atoms with Crippen LogP contribution in [0.25, 0.3) is 11.3 Å². The highest BCUT2D eigenvalue weighted by Crippen LogP contribution is 2.21. The summed E-state index contributed by atoms with van der Waals surface area (Å²) in [6, 6.07) is 8.27. The molecule has 78 valence electrons. The van der Waals surface area contributed by atoms with E-state index in [1.54, 1.807) is 6.20 Å². The van der Waals surface area contributed by atoms with Gasteiger partial charge in [-0.15, -0.1) is 11.6 Å². The summed E-state index contributed by atoms with van der Waals surface area (Å²) in [5.74, 6) is 1.65. The lowest BCUT2D eigenvalue weighted by atomic mass is 10.1. The largest absolute Gasteiger partial charge is 0.439 e. The highest BCUT2D eigenvalue weighted by atomic mass is 35.5. The van der Waals surface area contributed by atoms with Gasteiger partial charge in [0, 0.05) is 5.56 Å². The van der Waals surface area contributed by atoms with Gasteiger partial charge in [-0.25, -0.2) is 4.98 Å². The second-order valence-corrected chi connectivity index (χ2v) is 3.57. The zero-order valence-corrected chi connectivity index (χ0v) is 9.29. The van der Waals surface area contributed by atoms with Gasteiger partial charge in [-0.05, 0) is 12.0 Å². The van der Waals surface area contributed by atoms with Crippen LogP contribution in [0.2, 0.25) is 0 Å². The molecule has 0 aliphatic heterocycles. The van der Waals surface area contributed by atoms with E-state index in [4.69, 9.17) is 16.0 Å². The average molecular weight is 222 g/mol. The Morgan fingerprint density at radius 2 is 2.00 bits per heavy atom. The van der Waals surface area contributed by atoms with Crippen molar-refractivity contribution in [2.75, 3.05) is 0 Å². The number of hydrogen-bond donors (Lipinski definition) is 0. The van der Waals surface area contributed by atoms with Gasteiger partial charge in [-0.2, -0.15) is 0 Å². The smallest absolute Gasteiger partial charge is 0.209 e. The van der Waals surface area contributed by atoms with Crippen LogP contribution in [0.4, 0.5) is 0 Å². The van der Waals surface area contributed by atoms with Crippen molar-refractivity contribution >= 4 is 11.6 Å². The molecule has 2 nitrogen and oxygen atoms in total. The summed E-state index contributed by atoms with van der Waals surface area (Å²) in [6.07, 6.45) is 2.75. The van der Waals surface area contributed by atoms with Gasteiger partial charge in [-0.3, -0.25) is 0 Å². The van der Waals surface area contributed by atoms with Gasteiger partial charge in [0.05, 0.1) is 12.1 Å². The summed E-state index contributed by atoms with van der Waals surface area (Å²) in [4.78, 5) is 4.06. The third kappa shape index (κ3) is 2.21. The van der Waals surface area contributed by atoms with Crippen LogP contribution in [0.15, 0.2) is 34.9 Å². The van der Waals surface area contributed by atoms with Crippen LogP contribution in [0.1, 0.15) is 18.4 Å². The summed E-state index contributed by atoms with van der Waals surface area (Å²) in [5.41, 5.74) is 2.35. The molecule has 1 aromatic heterocycles. The van der Waals surface area contributed by atoms with E-state index in [1.807, 2.05) is 12.1 Å². The van der Waals surface area contributed by atoms with Crippen molar-refractivity contribution in [1.29, 1.82) is 0 Å². The molecule has 0 amide bonds. The monoisotopic (exact) mass is 221 g/mol. The van der Waals surface area contributed by atoms with Gasteiger partial charge in [0.25, 0.3) is 0 Å². The van der Waals surface area contributed by atoms with Gasteiger partial charge in [0.1, 0.15) is 0 Å². The zero-order chi connectivity index (χ0) is 10.7. The van der Waals surface area contributed by atoms with E-state index in [9.17, 15) is 0 Å². The molecule has 0 spiro atoms. The van der Waals surface area contributed by atoms with Crippen molar-refractivity contribution in [2.24, 2.45) is 0 Å². The van der Waals surface area contributed by atoms with E-state index in [0.29, 0.717) is 11.8 Å². The Morgan fingerprint density at radius 3 is 2.53 bits per heavy atom. The number of nitrogens with zero attached hydrogens (tertiary/aromatic N) is 1. The Labute approximate surface area is 93.9 Å². The molecule has 2 aromatic rings. The fourth-order valence-corrected chi connectivity index (χ4v) is 1.53. The van der Waals surface area contributed by atoms with Gasteiger partial charge < -0.3 is 4.42 Å². The van der Waals surface area contributed by atoms with Gasteiger partial charge in [0.2, 0.25) is 5.89 Å². The molecule has 1 heterocycles. The van der Waals surface area contributed by atoms with Crippen molar-refractivity contribution in [3.63, 3.8) is 0 Å². The molecule has 0 saturated carbocycles. The first-order valence-corrected chi connectivity index (χ1v) is 5.47. The minimum absolute atomic E-state index is 0.313. The van der Waals surface area contributed by atoms with E-state index in [1.165, 1.54) is 5.56 Å². The lowest BCUT2D eigenvalue weighted by Crippen LogP contribution is -1.79. The first-order valence-electron chi connectivity index (χ1n) is 4.93. The first-order chi connectivity index (χ1) is 7.33. The van der Waals surface area contributed by atoms with Crippen LogP contribution in [0, 0.1) is 0 Å². The number of rotatable bonds is 3. The number of oxazole rings is 1. The van der Waals surface area contributed by atoms with Crippen molar-refractivity contribution in [2.45, 2.75) is 19.2 Å². The van der Waals surface area contributed by atoms with E-state index in [2.05, 4.69) is 24.0 Å². The number of alkyl halides is 1. The molecule has 0 aliphatic rings. The van der Waals surface area contributed by atoms with Crippen LogP contribution in [-0.2, 0) is 12.3 Å². The highest BCUT2D eigenvalue weighted by Gasteiger charge is 2.04. The molecule has 0 unspecified atom stereocenters. The topological polar surface area (TPSA) is 26.0 Å². The van der Waals surface area contributed by atoms with Crippen LogP contribution < -0.4 is 0 Å². The molecule has 3 heteroatoms. The minimum Gasteiger partial charge on any atom is -0.439 e. The maximum Gasteiger partial charge on any atom is 0.209 e. The van der Waals surface area contributed by atoms with Gasteiger partial charge in [0.15, 0.2) is 5.76 Å². The van der Waals surface area contributed by atoms with Crippen molar-refractivity contribution in [3.05, 3.63) is 41.9 Å². The Hall–Kier alpha value is -1.28. The van der Waals surface area contributed by atoms with Crippen LogP contribution >= 0.6 is 11.6 Å². The van der Waals surface area contributed by atoms with E-state index in [-0.39, 0.29) is 0 Å². The number of halogens is 1. The molecular weight excluding hydrogens is 210 g/mol. The predicted octanol–water partition coefficient (Wildman–Crippen LogP) is 3.64. The molecule has 0 bridgehead atoms. The first kappa shape index (κ1) is 10.2. The van der Waals surface area contributed by atoms with Crippen LogP contribution in [0.3, 0.4) is 0 Å². The van der Waals surface area contributed by atoms with Crippen molar-refractivity contribution < 1.29 is 4.42 Å². The van der Waals surface area contributed by atoms with Gasteiger partial charge in [-0.1, -0.05) is 31.2 Å². The predicted molar refractivity (Wildman–Crippen MR) is 60.9 cm³/mol. The summed E-state index contributed by atoms with van der Waals surface area (Å²) in [7, 11) is 0. The quantitative estimate of drug-likeness (QED) is 0.740. The normalized spacial score (nSPS) is 10.5. The lowest BCUT2D eigenvalue weighted by molar-refractivity contribution is 0.529. The minimum atomic E-state index is 0.313. The molecule has 2 rings (SSSR count). The second kappa shape index (κ2) is 4.49. The Kier molecular flexibility index (Phi) is 3.07. The van der Waals surface area contributed by atoms with Crippen molar-refractivity contribution in [1.82, 2.24) is 4.98 Å². The number of aryl methyl sites for hydroxylation is 1. The lowest BCUT2D eigenvalue weighted by Gasteiger charge is -1.98. The fourth-order valence-electron chi connectivity index (χ4n) is 1.41. The highest BCUT2D eigenvalue weighted by molar-refractivity contribution is 6.16. The number of benzene rings is 1. The maximum absolute atomic E-state index is 5.62. The molecule has 0 saturated heterocycles. The number of aromatic nitrogens is 1. The average Bonchev–Trinajstić information content (AvgIpc) is 2.78. The van der Waals surface area contributed by atoms with E-state index >= 15 is 0 Å². The van der Waals surface area contributed by atoms with Crippen molar-refractivity contribution in [3.8, 4) is 11.3 Å². The second-order valence-electron chi connectivity index (χ2n) is 3.30. The standard InChI is InChI=1S/C12H12ClNO/c1-2-9-3-5-10(6-4-9)11-8-14-12(7-13)15-11/h3-6,8H,2,7H2,1H3. The number of hydrogen-bond acceptors (Lipinski definition) is 2.